The van der Waals surface area contributed by atoms with Crippen molar-refractivity contribution in [1.29, 1.82) is 0 Å². The zero-order valence-corrected chi connectivity index (χ0v) is 14.0. The fraction of sp³-hybridized carbons (Fsp3) is 0.353. The third-order valence-electron chi connectivity index (χ3n) is 3.85. The minimum absolute atomic E-state index is 0.0477. The number of hydrogen-bond acceptors (Lipinski definition) is 4. The second-order valence-corrected chi connectivity index (χ2v) is 6.83. The van der Waals surface area contributed by atoms with Gasteiger partial charge in [-0.25, -0.2) is 9.97 Å². The van der Waals surface area contributed by atoms with Gasteiger partial charge in [-0.15, -0.1) is 0 Å². The van der Waals surface area contributed by atoms with E-state index in [1.54, 1.807) is 24.3 Å². The molecule has 114 valence electrons. The Morgan fingerprint density at radius 1 is 1.27 bits per heavy atom. The van der Waals surface area contributed by atoms with Crippen molar-refractivity contribution in [2.45, 2.75) is 37.8 Å². The summed E-state index contributed by atoms with van der Waals surface area (Å²) in [6, 6.07) is 7.04. The molecular formula is C17H17ClN2OS. The quantitative estimate of drug-likeness (QED) is 0.476. The SMILES string of the molecule is Cc1nc(SCC(=O)c2cccc(Cl)c2)nc2c1CCCC2. The van der Waals surface area contributed by atoms with E-state index < -0.39 is 0 Å². The lowest BCUT2D eigenvalue weighted by Gasteiger charge is -2.17. The number of hydrogen-bond donors (Lipinski definition) is 0. The van der Waals surface area contributed by atoms with E-state index in [2.05, 4.69) is 9.97 Å². The van der Waals surface area contributed by atoms with Crippen LogP contribution in [0.1, 0.15) is 40.2 Å². The number of rotatable bonds is 4. The molecule has 0 amide bonds. The van der Waals surface area contributed by atoms with Crippen molar-refractivity contribution in [2.75, 3.05) is 5.75 Å². The highest BCUT2D eigenvalue weighted by atomic mass is 35.5. The normalized spacial score (nSPS) is 13.7. The molecule has 0 saturated heterocycles. The zero-order valence-electron chi connectivity index (χ0n) is 12.4. The summed E-state index contributed by atoms with van der Waals surface area (Å²) in [5.74, 6) is 0.380. The first-order valence-corrected chi connectivity index (χ1v) is 8.78. The molecule has 5 heteroatoms. The predicted molar refractivity (Wildman–Crippen MR) is 89.9 cm³/mol. The van der Waals surface area contributed by atoms with Crippen LogP contribution in [0.15, 0.2) is 29.4 Å². The van der Waals surface area contributed by atoms with Crippen LogP contribution in [-0.4, -0.2) is 21.5 Å². The van der Waals surface area contributed by atoms with Gasteiger partial charge in [0.25, 0.3) is 0 Å². The number of aromatic nitrogens is 2. The van der Waals surface area contributed by atoms with Gasteiger partial charge in [0.15, 0.2) is 10.9 Å². The fourth-order valence-electron chi connectivity index (χ4n) is 2.69. The van der Waals surface area contributed by atoms with Crippen molar-refractivity contribution in [3.8, 4) is 0 Å². The van der Waals surface area contributed by atoms with E-state index in [0.717, 1.165) is 24.2 Å². The molecule has 0 saturated carbocycles. The molecule has 22 heavy (non-hydrogen) atoms. The maximum absolute atomic E-state index is 12.2. The molecule has 0 fully saturated rings. The van der Waals surface area contributed by atoms with Gasteiger partial charge >= 0.3 is 0 Å². The van der Waals surface area contributed by atoms with E-state index in [4.69, 9.17) is 11.6 Å². The molecule has 0 aliphatic heterocycles. The van der Waals surface area contributed by atoms with E-state index in [0.29, 0.717) is 21.5 Å². The minimum Gasteiger partial charge on any atom is -0.293 e. The predicted octanol–water partition coefficient (Wildman–Crippen LogP) is 4.29. The highest BCUT2D eigenvalue weighted by Gasteiger charge is 2.16. The van der Waals surface area contributed by atoms with Crippen molar-refractivity contribution in [3.63, 3.8) is 0 Å². The molecule has 0 atom stereocenters. The van der Waals surface area contributed by atoms with Crippen molar-refractivity contribution in [2.24, 2.45) is 0 Å². The molecule has 3 nitrogen and oxygen atoms in total. The summed E-state index contributed by atoms with van der Waals surface area (Å²) in [5, 5.41) is 1.28. The molecule has 1 aromatic heterocycles. The van der Waals surface area contributed by atoms with Gasteiger partial charge in [-0.3, -0.25) is 4.79 Å². The molecule has 0 spiro atoms. The molecule has 2 aromatic rings. The largest absolute Gasteiger partial charge is 0.293 e. The Kier molecular flexibility index (Phi) is 4.79. The molecule has 1 aliphatic rings. The molecule has 3 rings (SSSR count). The number of aryl methyl sites for hydroxylation is 2. The molecule has 0 bridgehead atoms. The zero-order chi connectivity index (χ0) is 15.5. The fourth-order valence-corrected chi connectivity index (χ4v) is 3.69. The Hall–Kier alpha value is -1.39. The van der Waals surface area contributed by atoms with E-state index >= 15 is 0 Å². The first-order chi connectivity index (χ1) is 10.6. The monoisotopic (exact) mass is 332 g/mol. The van der Waals surface area contributed by atoms with Crippen LogP contribution in [-0.2, 0) is 12.8 Å². The molecular weight excluding hydrogens is 316 g/mol. The van der Waals surface area contributed by atoms with E-state index in [1.807, 2.05) is 6.92 Å². The lowest BCUT2D eigenvalue weighted by molar-refractivity contribution is 0.102. The summed E-state index contributed by atoms with van der Waals surface area (Å²) in [6.07, 6.45) is 4.51. The van der Waals surface area contributed by atoms with Crippen molar-refractivity contribution in [1.82, 2.24) is 9.97 Å². The maximum Gasteiger partial charge on any atom is 0.188 e. The van der Waals surface area contributed by atoms with Gasteiger partial charge in [-0.1, -0.05) is 35.5 Å². The summed E-state index contributed by atoms with van der Waals surface area (Å²) >= 11 is 7.32. The van der Waals surface area contributed by atoms with E-state index in [1.165, 1.54) is 30.2 Å². The molecule has 1 heterocycles. The van der Waals surface area contributed by atoms with Gasteiger partial charge in [-0.2, -0.15) is 0 Å². The van der Waals surface area contributed by atoms with Crippen molar-refractivity contribution < 1.29 is 4.79 Å². The van der Waals surface area contributed by atoms with Crippen LogP contribution in [0.4, 0.5) is 0 Å². The number of halogens is 1. The Morgan fingerprint density at radius 2 is 2.09 bits per heavy atom. The summed E-state index contributed by atoms with van der Waals surface area (Å²) in [6.45, 7) is 2.04. The summed E-state index contributed by atoms with van der Waals surface area (Å²) in [7, 11) is 0. The van der Waals surface area contributed by atoms with Crippen LogP contribution in [0.5, 0.6) is 0 Å². The molecule has 1 aliphatic carbocycles. The molecule has 1 aromatic carbocycles. The third kappa shape index (κ3) is 3.50. The van der Waals surface area contributed by atoms with Crippen LogP contribution in [0.2, 0.25) is 5.02 Å². The summed E-state index contributed by atoms with van der Waals surface area (Å²) < 4.78 is 0. The molecule has 0 unspecified atom stereocenters. The lowest BCUT2D eigenvalue weighted by atomic mass is 9.95. The summed E-state index contributed by atoms with van der Waals surface area (Å²) in [5.41, 5.74) is 4.16. The van der Waals surface area contributed by atoms with E-state index in [-0.39, 0.29) is 5.78 Å². The number of fused-ring (bicyclic) bond motifs is 1. The molecule has 0 N–H and O–H groups in total. The highest BCUT2D eigenvalue weighted by Crippen LogP contribution is 2.25. The lowest BCUT2D eigenvalue weighted by Crippen LogP contribution is -2.11. The van der Waals surface area contributed by atoms with Crippen LogP contribution in [0.25, 0.3) is 0 Å². The van der Waals surface area contributed by atoms with Gasteiger partial charge < -0.3 is 0 Å². The Balaban J connectivity index is 1.71. The van der Waals surface area contributed by atoms with Gasteiger partial charge in [0.2, 0.25) is 0 Å². The topological polar surface area (TPSA) is 42.9 Å². The van der Waals surface area contributed by atoms with Gasteiger partial charge in [0.05, 0.1) is 5.75 Å². The second kappa shape index (κ2) is 6.80. The van der Waals surface area contributed by atoms with Crippen molar-refractivity contribution in [3.05, 3.63) is 51.8 Å². The van der Waals surface area contributed by atoms with Crippen molar-refractivity contribution >= 4 is 29.1 Å². The van der Waals surface area contributed by atoms with Gasteiger partial charge in [0.1, 0.15) is 0 Å². The Labute approximate surface area is 139 Å². The maximum atomic E-state index is 12.2. The van der Waals surface area contributed by atoms with Gasteiger partial charge in [0, 0.05) is 22.0 Å². The average molecular weight is 333 g/mol. The summed E-state index contributed by atoms with van der Waals surface area (Å²) in [4.78, 5) is 21.4. The number of thioether (sulfide) groups is 1. The number of carbonyl (C=O) groups is 1. The standard InChI is InChI=1S/C17H17ClN2OS/c1-11-14-7-2-3-8-15(14)20-17(19-11)22-10-16(21)12-5-4-6-13(18)9-12/h4-6,9H,2-3,7-8,10H2,1H3. The average Bonchev–Trinajstić information content (AvgIpc) is 2.53. The highest BCUT2D eigenvalue weighted by molar-refractivity contribution is 7.99. The first-order valence-electron chi connectivity index (χ1n) is 7.41. The van der Waals surface area contributed by atoms with Crippen LogP contribution in [0.3, 0.4) is 0 Å². The minimum atomic E-state index is 0.0477. The number of carbonyl (C=O) groups excluding carboxylic acids is 1. The van der Waals surface area contributed by atoms with Crippen LogP contribution < -0.4 is 0 Å². The second-order valence-electron chi connectivity index (χ2n) is 5.45. The van der Waals surface area contributed by atoms with Crippen LogP contribution >= 0.6 is 23.4 Å². The van der Waals surface area contributed by atoms with Gasteiger partial charge in [-0.05, 0) is 50.3 Å². The molecule has 0 radical (unpaired) electrons. The Morgan fingerprint density at radius 3 is 2.91 bits per heavy atom. The number of benzene rings is 1. The number of nitrogens with zero attached hydrogens (tertiary/aromatic N) is 2. The number of ketones is 1. The van der Waals surface area contributed by atoms with E-state index in [9.17, 15) is 4.79 Å². The third-order valence-corrected chi connectivity index (χ3v) is 4.93. The smallest absolute Gasteiger partial charge is 0.188 e. The number of Topliss-reactive ketones (excluding diaryl/α,β-unsaturated/α-hetero) is 1. The van der Waals surface area contributed by atoms with Crippen LogP contribution in [0, 0.1) is 6.92 Å². The Bertz CT molecular complexity index is 718. The first kappa shape index (κ1) is 15.5.